The molecule has 0 saturated heterocycles. The van der Waals surface area contributed by atoms with Crippen LogP contribution in [0.3, 0.4) is 0 Å². The molecule has 0 bridgehead atoms. The van der Waals surface area contributed by atoms with Gasteiger partial charge in [0.05, 0.1) is 4.90 Å². The number of sulfonamides is 1. The van der Waals surface area contributed by atoms with Crippen molar-refractivity contribution >= 4 is 22.0 Å². The standard InChI is InChI=1S/C17H18N2O6S/c1-11-2-5-13(6-3-11)26(24,25)19-17(23)18-9-8-12-4-7-14(16(21)22)15(20)10-12/h2-7,10,20H,8-9H2,1H3,(H,21,22)(H2,18,19,23). The molecule has 0 aliphatic heterocycles. The molecule has 0 radical (unpaired) electrons. The first-order valence-electron chi connectivity index (χ1n) is 7.61. The summed E-state index contributed by atoms with van der Waals surface area (Å²) < 4.78 is 26.1. The largest absolute Gasteiger partial charge is 0.507 e. The average Bonchev–Trinajstić information content (AvgIpc) is 2.54. The second-order valence-electron chi connectivity index (χ2n) is 5.58. The Morgan fingerprint density at radius 3 is 2.31 bits per heavy atom. The highest BCUT2D eigenvalue weighted by molar-refractivity contribution is 7.90. The summed E-state index contributed by atoms with van der Waals surface area (Å²) in [6.07, 6.45) is 0.283. The van der Waals surface area contributed by atoms with Gasteiger partial charge in [0.2, 0.25) is 0 Å². The summed E-state index contributed by atoms with van der Waals surface area (Å²) in [7, 11) is -3.96. The summed E-state index contributed by atoms with van der Waals surface area (Å²) >= 11 is 0. The summed E-state index contributed by atoms with van der Waals surface area (Å²) in [5.74, 6) is -1.62. The zero-order valence-corrected chi connectivity index (χ0v) is 14.7. The number of nitrogens with one attached hydrogen (secondary N) is 2. The van der Waals surface area contributed by atoms with Crippen LogP contribution in [0.5, 0.6) is 5.75 Å². The number of amides is 2. The highest BCUT2D eigenvalue weighted by atomic mass is 32.2. The lowest BCUT2D eigenvalue weighted by molar-refractivity contribution is 0.0693. The van der Waals surface area contributed by atoms with Crippen LogP contribution in [0.4, 0.5) is 4.79 Å². The van der Waals surface area contributed by atoms with Crippen molar-refractivity contribution in [1.82, 2.24) is 10.0 Å². The van der Waals surface area contributed by atoms with Crippen LogP contribution in [0.1, 0.15) is 21.5 Å². The van der Waals surface area contributed by atoms with Gasteiger partial charge in [0.15, 0.2) is 0 Å². The maximum Gasteiger partial charge on any atom is 0.339 e. The predicted molar refractivity (Wildman–Crippen MR) is 93.7 cm³/mol. The SMILES string of the molecule is Cc1ccc(S(=O)(=O)NC(=O)NCCc2ccc(C(=O)O)c(O)c2)cc1. The first-order valence-corrected chi connectivity index (χ1v) is 9.10. The first-order chi connectivity index (χ1) is 12.2. The molecule has 8 nitrogen and oxygen atoms in total. The van der Waals surface area contributed by atoms with Crippen LogP contribution in [0.25, 0.3) is 0 Å². The maximum absolute atomic E-state index is 12.1. The van der Waals surface area contributed by atoms with Gasteiger partial charge in [0, 0.05) is 6.54 Å². The quantitative estimate of drug-likeness (QED) is 0.604. The number of rotatable bonds is 6. The topological polar surface area (TPSA) is 133 Å². The molecule has 2 aromatic rings. The van der Waals surface area contributed by atoms with Crippen molar-refractivity contribution < 1.29 is 28.2 Å². The molecule has 4 N–H and O–H groups in total. The fourth-order valence-electron chi connectivity index (χ4n) is 2.17. The number of carbonyl (C=O) groups is 2. The van der Waals surface area contributed by atoms with E-state index in [4.69, 9.17) is 5.11 Å². The molecule has 0 heterocycles. The van der Waals surface area contributed by atoms with E-state index in [1.807, 2.05) is 11.6 Å². The van der Waals surface area contributed by atoms with E-state index >= 15 is 0 Å². The second-order valence-corrected chi connectivity index (χ2v) is 7.26. The van der Waals surface area contributed by atoms with E-state index in [0.717, 1.165) is 5.56 Å². The number of aryl methyl sites for hydroxylation is 1. The summed E-state index contributed by atoms with van der Waals surface area (Å²) in [6.45, 7) is 1.92. The Hall–Kier alpha value is -3.07. The minimum atomic E-state index is -3.96. The summed E-state index contributed by atoms with van der Waals surface area (Å²) in [4.78, 5) is 22.6. The number of aromatic hydroxyl groups is 1. The molecule has 26 heavy (non-hydrogen) atoms. The van der Waals surface area contributed by atoms with Gasteiger partial charge in [-0.2, -0.15) is 0 Å². The lowest BCUT2D eigenvalue weighted by Crippen LogP contribution is -2.40. The molecule has 0 atom stereocenters. The minimum absolute atomic E-state index is 0.0209. The van der Waals surface area contributed by atoms with Crippen molar-refractivity contribution in [2.75, 3.05) is 6.54 Å². The number of hydrogen-bond acceptors (Lipinski definition) is 5. The minimum Gasteiger partial charge on any atom is -0.507 e. The van der Waals surface area contributed by atoms with Gasteiger partial charge in [-0.1, -0.05) is 23.8 Å². The molecule has 0 aliphatic rings. The van der Waals surface area contributed by atoms with Crippen molar-refractivity contribution in [3.63, 3.8) is 0 Å². The molecule has 0 aliphatic carbocycles. The zero-order valence-electron chi connectivity index (χ0n) is 13.9. The van der Waals surface area contributed by atoms with Crippen LogP contribution in [0, 0.1) is 6.92 Å². The Balaban J connectivity index is 1.90. The second kappa shape index (κ2) is 7.87. The van der Waals surface area contributed by atoms with Gasteiger partial charge >= 0.3 is 12.0 Å². The molecule has 2 rings (SSSR count). The van der Waals surface area contributed by atoms with Crippen LogP contribution in [0.15, 0.2) is 47.4 Å². The predicted octanol–water partition coefficient (Wildman–Crippen LogP) is 1.63. The number of carbonyl (C=O) groups excluding carboxylic acids is 1. The normalized spacial score (nSPS) is 11.0. The lowest BCUT2D eigenvalue weighted by Gasteiger charge is -2.09. The number of hydrogen-bond donors (Lipinski definition) is 4. The Morgan fingerprint density at radius 1 is 1.08 bits per heavy atom. The Labute approximate surface area is 150 Å². The molecule has 0 fully saturated rings. The molecule has 138 valence electrons. The van der Waals surface area contributed by atoms with Crippen molar-refractivity contribution in [2.45, 2.75) is 18.2 Å². The van der Waals surface area contributed by atoms with E-state index in [0.29, 0.717) is 5.56 Å². The number of aromatic carboxylic acids is 1. The maximum atomic E-state index is 12.1. The van der Waals surface area contributed by atoms with E-state index in [1.54, 1.807) is 12.1 Å². The van der Waals surface area contributed by atoms with E-state index in [9.17, 15) is 23.1 Å². The molecule has 2 aromatic carbocycles. The van der Waals surface area contributed by atoms with Gasteiger partial charge < -0.3 is 15.5 Å². The van der Waals surface area contributed by atoms with Crippen molar-refractivity contribution in [3.05, 3.63) is 59.2 Å². The molecule has 0 aromatic heterocycles. The third-order valence-corrected chi connectivity index (χ3v) is 4.90. The third kappa shape index (κ3) is 4.96. The number of carboxylic acids is 1. The van der Waals surface area contributed by atoms with Gasteiger partial charge in [-0.3, -0.25) is 0 Å². The molecule has 0 saturated carbocycles. The van der Waals surface area contributed by atoms with Gasteiger partial charge in [-0.15, -0.1) is 0 Å². The molecular formula is C17H18N2O6S. The highest BCUT2D eigenvalue weighted by Gasteiger charge is 2.17. The molecule has 0 spiro atoms. The number of urea groups is 1. The van der Waals surface area contributed by atoms with E-state index in [1.165, 1.54) is 30.3 Å². The summed E-state index contributed by atoms with van der Waals surface area (Å²) in [5, 5.41) is 20.8. The molecule has 2 amide bonds. The van der Waals surface area contributed by atoms with E-state index in [2.05, 4.69) is 5.32 Å². The average molecular weight is 378 g/mol. The van der Waals surface area contributed by atoms with Crippen molar-refractivity contribution in [1.29, 1.82) is 0 Å². The molecule has 9 heteroatoms. The summed E-state index contributed by atoms with van der Waals surface area (Å²) in [6, 6.07) is 9.22. The molecular weight excluding hydrogens is 360 g/mol. The van der Waals surface area contributed by atoms with Crippen LogP contribution < -0.4 is 10.0 Å². The van der Waals surface area contributed by atoms with Gasteiger partial charge in [0.25, 0.3) is 10.0 Å². The first kappa shape index (κ1) is 19.3. The Morgan fingerprint density at radius 2 is 1.73 bits per heavy atom. The highest BCUT2D eigenvalue weighted by Crippen LogP contribution is 2.18. The van der Waals surface area contributed by atoms with Crippen LogP contribution >= 0.6 is 0 Å². The van der Waals surface area contributed by atoms with Gasteiger partial charge in [-0.25, -0.2) is 22.7 Å². The summed E-state index contributed by atoms with van der Waals surface area (Å²) in [5.41, 5.74) is 1.27. The van der Waals surface area contributed by atoms with E-state index in [-0.39, 0.29) is 29.2 Å². The fraction of sp³-hybridized carbons (Fsp3) is 0.176. The van der Waals surface area contributed by atoms with Crippen LogP contribution in [-0.4, -0.2) is 37.2 Å². The zero-order chi connectivity index (χ0) is 19.3. The van der Waals surface area contributed by atoms with E-state index < -0.39 is 22.0 Å². The Bertz CT molecular complexity index is 923. The number of phenols is 1. The van der Waals surface area contributed by atoms with Crippen molar-refractivity contribution in [3.8, 4) is 5.75 Å². The third-order valence-electron chi connectivity index (χ3n) is 3.55. The lowest BCUT2D eigenvalue weighted by atomic mass is 10.1. The number of carboxylic acid groups (broad SMARTS) is 1. The monoisotopic (exact) mass is 378 g/mol. The van der Waals surface area contributed by atoms with Crippen LogP contribution in [0.2, 0.25) is 0 Å². The van der Waals surface area contributed by atoms with Crippen LogP contribution in [-0.2, 0) is 16.4 Å². The number of benzene rings is 2. The van der Waals surface area contributed by atoms with Gasteiger partial charge in [-0.05, 0) is 43.2 Å². The fourth-order valence-corrected chi connectivity index (χ4v) is 3.10. The van der Waals surface area contributed by atoms with Crippen molar-refractivity contribution in [2.24, 2.45) is 0 Å². The molecule has 0 unspecified atom stereocenters. The smallest absolute Gasteiger partial charge is 0.339 e. The van der Waals surface area contributed by atoms with Gasteiger partial charge in [0.1, 0.15) is 11.3 Å². The Kier molecular flexibility index (Phi) is 5.83.